The van der Waals surface area contributed by atoms with E-state index in [0.717, 1.165) is 17.4 Å². The van der Waals surface area contributed by atoms with Gasteiger partial charge in [0.2, 0.25) is 10.0 Å². The number of phenolic OH excluding ortho intramolecular Hbond substituents is 1. The molecule has 0 spiro atoms. The van der Waals surface area contributed by atoms with Crippen molar-refractivity contribution in [3.05, 3.63) is 71.8 Å². The summed E-state index contributed by atoms with van der Waals surface area (Å²) in [7, 11) is -2.09. The summed E-state index contributed by atoms with van der Waals surface area (Å²) in [5, 5.41) is 32.4. The van der Waals surface area contributed by atoms with Gasteiger partial charge < -0.3 is 30.1 Å². The van der Waals surface area contributed by atoms with E-state index < -0.39 is 22.1 Å². The van der Waals surface area contributed by atoms with Crippen LogP contribution in [0.4, 0.5) is 5.69 Å². The molecule has 0 heterocycles. The molecule has 3 aromatic carbocycles. The standard InChI is InChI=1S/C25H28N2O8S/c1-34-24-14-18(25(30)31)5-9-20(24)16-3-7-19(8-4-16)35-12-11-26-15-23(29)17-6-10-22(28)21(13-17)27-36(2,32)33/h3-10,13-14,23,26-29H,11-12,15H2,1-2H3,(H,30,31)/t23-/m0/s1. The zero-order valence-electron chi connectivity index (χ0n) is 19.8. The zero-order chi connectivity index (χ0) is 26.3. The van der Waals surface area contributed by atoms with Crippen molar-refractivity contribution in [3.63, 3.8) is 0 Å². The van der Waals surface area contributed by atoms with Gasteiger partial charge >= 0.3 is 5.97 Å². The number of nitrogens with one attached hydrogen (secondary N) is 2. The van der Waals surface area contributed by atoms with Crippen molar-refractivity contribution in [3.8, 4) is 28.4 Å². The number of benzene rings is 3. The summed E-state index contributed by atoms with van der Waals surface area (Å²) in [6.45, 7) is 0.965. The van der Waals surface area contributed by atoms with Crippen LogP contribution < -0.4 is 19.5 Å². The molecule has 0 saturated carbocycles. The summed E-state index contributed by atoms with van der Waals surface area (Å²) in [4.78, 5) is 11.2. The number of ether oxygens (including phenoxy) is 2. The highest BCUT2D eigenvalue weighted by molar-refractivity contribution is 7.92. The fourth-order valence-electron chi connectivity index (χ4n) is 3.43. The molecule has 3 aromatic rings. The van der Waals surface area contributed by atoms with E-state index in [0.29, 0.717) is 30.2 Å². The van der Waals surface area contributed by atoms with Gasteiger partial charge in [-0.15, -0.1) is 0 Å². The van der Waals surface area contributed by atoms with Crippen LogP contribution in [0.1, 0.15) is 22.0 Å². The maximum Gasteiger partial charge on any atom is 0.335 e. The first-order chi connectivity index (χ1) is 17.1. The summed E-state index contributed by atoms with van der Waals surface area (Å²) in [6, 6.07) is 16.2. The number of anilines is 1. The highest BCUT2D eigenvalue weighted by Crippen LogP contribution is 2.32. The summed E-state index contributed by atoms with van der Waals surface area (Å²) < 4.78 is 36.1. The molecule has 3 rings (SSSR count). The molecule has 0 aromatic heterocycles. The van der Waals surface area contributed by atoms with Crippen LogP contribution in [-0.4, -0.2) is 62.8 Å². The third-order valence-corrected chi connectivity index (χ3v) is 5.79. The average molecular weight is 517 g/mol. The number of hydrogen-bond donors (Lipinski definition) is 5. The number of sulfonamides is 1. The number of hydrogen-bond acceptors (Lipinski definition) is 8. The molecule has 0 saturated heterocycles. The molecule has 0 unspecified atom stereocenters. The Labute approximate surface area is 209 Å². The van der Waals surface area contributed by atoms with Crippen molar-refractivity contribution in [2.45, 2.75) is 6.10 Å². The summed E-state index contributed by atoms with van der Waals surface area (Å²) in [5.41, 5.74) is 2.18. The Bertz CT molecular complexity index is 1310. The van der Waals surface area contributed by atoms with E-state index in [4.69, 9.17) is 14.6 Å². The van der Waals surface area contributed by atoms with Gasteiger partial charge in [0.25, 0.3) is 0 Å². The lowest BCUT2D eigenvalue weighted by Crippen LogP contribution is -2.26. The molecule has 11 heteroatoms. The maximum absolute atomic E-state index is 11.4. The molecule has 0 amide bonds. The quantitative estimate of drug-likeness (QED) is 0.181. The SMILES string of the molecule is COc1cc(C(=O)O)ccc1-c1ccc(OCCNC[C@H](O)c2ccc(O)c(NS(C)(=O)=O)c2)cc1. The Kier molecular flexibility index (Phi) is 8.75. The Morgan fingerprint density at radius 3 is 2.42 bits per heavy atom. The Balaban J connectivity index is 1.50. The number of carboxylic acid groups (broad SMARTS) is 1. The predicted octanol–water partition coefficient (Wildman–Crippen LogP) is 2.84. The van der Waals surface area contributed by atoms with Gasteiger partial charge in [-0.25, -0.2) is 13.2 Å². The van der Waals surface area contributed by atoms with Crippen LogP contribution in [0.2, 0.25) is 0 Å². The van der Waals surface area contributed by atoms with E-state index in [9.17, 15) is 23.4 Å². The number of aromatic carboxylic acids is 1. The highest BCUT2D eigenvalue weighted by atomic mass is 32.2. The number of phenols is 1. The van der Waals surface area contributed by atoms with Crippen LogP contribution in [0.3, 0.4) is 0 Å². The molecule has 0 bridgehead atoms. The summed E-state index contributed by atoms with van der Waals surface area (Å²) in [5.74, 6) is -0.169. The van der Waals surface area contributed by atoms with Gasteiger partial charge in [0.15, 0.2) is 0 Å². The Morgan fingerprint density at radius 2 is 1.78 bits per heavy atom. The van der Waals surface area contributed by atoms with Gasteiger partial charge in [-0.3, -0.25) is 4.72 Å². The molecule has 10 nitrogen and oxygen atoms in total. The number of methoxy groups -OCH3 is 1. The lowest BCUT2D eigenvalue weighted by Gasteiger charge is -2.15. The first kappa shape index (κ1) is 26.8. The third kappa shape index (κ3) is 7.35. The smallest absolute Gasteiger partial charge is 0.335 e. The normalized spacial score (nSPS) is 12.1. The van der Waals surface area contributed by atoms with Gasteiger partial charge in [0, 0.05) is 18.7 Å². The van der Waals surface area contributed by atoms with Crippen molar-refractivity contribution in [1.82, 2.24) is 5.32 Å². The molecule has 0 aliphatic carbocycles. The second-order valence-electron chi connectivity index (χ2n) is 7.96. The molecule has 0 radical (unpaired) electrons. The topological polar surface area (TPSA) is 154 Å². The number of aliphatic hydroxyl groups is 1. The van der Waals surface area contributed by atoms with Crippen LogP contribution in [-0.2, 0) is 10.0 Å². The van der Waals surface area contributed by atoms with E-state index in [1.165, 1.54) is 37.4 Å². The van der Waals surface area contributed by atoms with Crippen molar-refractivity contribution < 1.29 is 38.0 Å². The van der Waals surface area contributed by atoms with Gasteiger partial charge in [0.05, 0.1) is 30.7 Å². The van der Waals surface area contributed by atoms with Crippen LogP contribution in [0, 0.1) is 0 Å². The van der Waals surface area contributed by atoms with Gasteiger partial charge in [-0.05, 0) is 53.6 Å². The van der Waals surface area contributed by atoms with Crippen LogP contribution in [0.25, 0.3) is 11.1 Å². The largest absolute Gasteiger partial charge is 0.506 e. The van der Waals surface area contributed by atoms with E-state index in [1.54, 1.807) is 18.2 Å². The van der Waals surface area contributed by atoms with Crippen LogP contribution in [0.15, 0.2) is 60.7 Å². The molecule has 36 heavy (non-hydrogen) atoms. The Morgan fingerprint density at radius 1 is 1.06 bits per heavy atom. The van der Waals surface area contributed by atoms with E-state index in [1.807, 2.05) is 12.1 Å². The molecule has 0 fully saturated rings. The van der Waals surface area contributed by atoms with Crippen molar-refractivity contribution in [2.24, 2.45) is 0 Å². The van der Waals surface area contributed by atoms with Gasteiger partial charge in [-0.1, -0.05) is 18.2 Å². The molecule has 1 atom stereocenters. The van der Waals surface area contributed by atoms with Crippen LogP contribution >= 0.6 is 0 Å². The number of aliphatic hydroxyl groups excluding tert-OH is 1. The first-order valence-corrected chi connectivity index (χ1v) is 12.8. The third-order valence-electron chi connectivity index (χ3n) is 5.20. The Hall–Kier alpha value is -3.80. The molecule has 192 valence electrons. The summed E-state index contributed by atoms with van der Waals surface area (Å²) in [6.07, 6.45) is 0.0486. The molecule has 0 aliphatic rings. The minimum atomic E-state index is -3.57. The van der Waals surface area contributed by atoms with Crippen molar-refractivity contribution >= 4 is 21.7 Å². The predicted molar refractivity (Wildman–Crippen MR) is 135 cm³/mol. The fourth-order valence-corrected chi connectivity index (χ4v) is 4.00. The molecular formula is C25H28N2O8S. The number of aromatic hydroxyl groups is 1. The molecular weight excluding hydrogens is 488 g/mol. The fraction of sp³-hybridized carbons (Fsp3) is 0.240. The lowest BCUT2D eigenvalue weighted by molar-refractivity contribution is 0.0696. The minimum Gasteiger partial charge on any atom is -0.506 e. The van der Waals surface area contributed by atoms with Crippen LogP contribution in [0.5, 0.6) is 17.2 Å². The molecule has 0 aliphatic heterocycles. The first-order valence-electron chi connectivity index (χ1n) is 10.9. The van der Waals surface area contributed by atoms with Gasteiger partial charge in [0.1, 0.15) is 23.9 Å². The van der Waals surface area contributed by atoms with E-state index in [-0.39, 0.29) is 23.5 Å². The number of carboxylic acids is 1. The second-order valence-corrected chi connectivity index (χ2v) is 9.71. The monoisotopic (exact) mass is 516 g/mol. The van der Waals surface area contributed by atoms with Crippen molar-refractivity contribution in [2.75, 3.05) is 37.8 Å². The minimum absolute atomic E-state index is 0.00345. The second kappa shape index (κ2) is 11.8. The highest BCUT2D eigenvalue weighted by Gasteiger charge is 2.13. The zero-order valence-corrected chi connectivity index (χ0v) is 20.6. The number of rotatable bonds is 12. The maximum atomic E-state index is 11.4. The summed E-state index contributed by atoms with van der Waals surface area (Å²) >= 11 is 0. The van der Waals surface area contributed by atoms with Gasteiger partial charge in [-0.2, -0.15) is 0 Å². The van der Waals surface area contributed by atoms with Crippen molar-refractivity contribution in [1.29, 1.82) is 0 Å². The number of carbonyl (C=O) groups is 1. The lowest BCUT2D eigenvalue weighted by atomic mass is 10.0. The van der Waals surface area contributed by atoms with E-state index in [2.05, 4.69) is 10.0 Å². The molecule has 5 N–H and O–H groups in total. The average Bonchev–Trinajstić information content (AvgIpc) is 2.84. The van der Waals surface area contributed by atoms with E-state index >= 15 is 0 Å².